The lowest BCUT2D eigenvalue weighted by Crippen LogP contribution is -2.54. The van der Waals surface area contributed by atoms with E-state index in [0.717, 1.165) is 17.1 Å². The van der Waals surface area contributed by atoms with Gasteiger partial charge in [-0.05, 0) is 25.1 Å². The number of piperazine rings is 1. The molecule has 31 heavy (non-hydrogen) atoms. The Balaban J connectivity index is 1.59. The molecule has 1 unspecified atom stereocenters. The summed E-state index contributed by atoms with van der Waals surface area (Å²) in [6, 6.07) is 4.64. The minimum absolute atomic E-state index is 0.0472. The molecule has 1 N–H and O–H groups in total. The molecule has 2 aliphatic rings. The number of aromatic nitrogens is 2. The van der Waals surface area contributed by atoms with Crippen LogP contribution in [0.15, 0.2) is 30.9 Å². The predicted molar refractivity (Wildman–Crippen MR) is 113 cm³/mol. The standard InChI is InChI=1S/C22H26FN5O3/c1-4-20(30)27-8-9-28(14(2)10-27)21-16-12-26(13-18(16)24-22(25-21)31-3)11-15-17(23)6-5-7-19(15)29/h4-7,14,29H,1,8-13H2,2-3H3. The molecule has 2 aromatic rings. The number of ether oxygens (including phenoxy) is 1. The van der Waals surface area contributed by atoms with Crippen LogP contribution in [0.5, 0.6) is 11.8 Å². The molecular weight excluding hydrogens is 401 g/mol. The van der Waals surface area contributed by atoms with Crippen LogP contribution in [-0.4, -0.2) is 63.6 Å². The summed E-state index contributed by atoms with van der Waals surface area (Å²) in [5.74, 6) is 0.209. The number of nitrogens with zero attached hydrogens (tertiary/aromatic N) is 5. The van der Waals surface area contributed by atoms with Crippen molar-refractivity contribution in [1.82, 2.24) is 19.8 Å². The first-order valence-corrected chi connectivity index (χ1v) is 10.2. The molecule has 1 amide bonds. The fraction of sp³-hybridized carbons (Fsp3) is 0.409. The highest BCUT2D eigenvalue weighted by molar-refractivity contribution is 5.87. The normalized spacial score (nSPS) is 18.7. The summed E-state index contributed by atoms with van der Waals surface area (Å²) >= 11 is 0. The average Bonchev–Trinajstić information content (AvgIpc) is 3.17. The largest absolute Gasteiger partial charge is 0.508 e. The molecule has 4 rings (SSSR count). The maximum Gasteiger partial charge on any atom is 0.318 e. The number of hydrogen-bond donors (Lipinski definition) is 1. The van der Waals surface area contributed by atoms with Gasteiger partial charge in [-0.15, -0.1) is 0 Å². The topological polar surface area (TPSA) is 82.0 Å². The Morgan fingerprint density at radius 1 is 1.35 bits per heavy atom. The Bertz CT molecular complexity index is 995. The van der Waals surface area contributed by atoms with Gasteiger partial charge in [-0.25, -0.2) is 4.39 Å². The molecule has 1 aromatic carbocycles. The van der Waals surface area contributed by atoms with E-state index in [2.05, 4.69) is 21.4 Å². The minimum atomic E-state index is -0.434. The number of phenolic OH excluding ortho intramolecular Hbond substituents is 1. The summed E-state index contributed by atoms with van der Waals surface area (Å²) in [5.41, 5.74) is 2.06. The summed E-state index contributed by atoms with van der Waals surface area (Å²) in [6.07, 6.45) is 1.34. The third kappa shape index (κ3) is 4.05. The number of aromatic hydroxyl groups is 1. The van der Waals surface area contributed by atoms with Gasteiger partial charge in [0.25, 0.3) is 0 Å². The average molecular weight is 427 g/mol. The summed E-state index contributed by atoms with van der Waals surface area (Å²) in [6.45, 7) is 8.67. The number of phenols is 1. The van der Waals surface area contributed by atoms with Gasteiger partial charge in [-0.1, -0.05) is 12.6 Å². The second-order valence-electron chi connectivity index (χ2n) is 7.87. The lowest BCUT2D eigenvalue weighted by molar-refractivity contribution is -0.126. The lowest BCUT2D eigenvalue weighted by atomic mass is 10.1. The monoisotopic (exact) mass is 427 g/mol. The zero-order valence-corrected chi connectivity index (χ0v) is 17.7. The van der Waals surface area contributed by atoms with E-state index in [4.69, 9.17) is 4.74 Å². The fourth-order valence-electron chi connectivity index (χ4n) is 4.25. The van der Waals surface area contributed by atoms with E-state index in [1.54, 1.807) is 4.90 Å². The van der Waals surface area contributed by atoms with Crippen LogP contribution in [0, 0.1) is 5.82 Å². The number of rotatable bonds is 5. The molecule has 0 radical (unpaired) electrons. The number of halogens is 1. The molecule has 0 aliphatic carbocycles. The van der Waals surface area contributed by atoms with Crippen molar-refractivity contribution in [2.24, 2.45) is 0 Å². The van der Waals surface area contributed by atoms with Crippen molar-refractivity contribution >= 4 is 11.7 Å². The first-order valence-electron chi connectivity index (χ1n) is 10.2. The van der Waals surface area contributed by atoms with Crippen molar-refractivity contribution in [3.63, 3.8) is 0 Å². The van der Waals surface area contributed by atoms with Crippen LogP contribution in [0.3, 0.4) is 0 Å². The summed E-state index contributed by atoms with van der Waals surface area (Å²) in [5, 5.41) is 10.1. The van der Waals surface area contributed by atoms with Crippen LogP contribution in [-0.2, 0) is 24.4 Å². The Labute approximate surface area is 180 Å². The van der Waals surface area contributed by atoms with Gasteiger partial charge in [-0.3, -0.25) is 9.69 Å². The first kappa shape index (κ1) is 21.0. The Kier molecular flexibility index (Phi) is 5.77. The molecule has 1 aromatic heterocycles. The molecule has 164 valence electrons. The van der Waals surface area contributed by atoms with Gasteiger partial charge in [0.05, 0.1) is 12.8 Å². The van der Waals surface area contributed by atoms with Crippen molar-refractivity contribution in [1.29, 1.82) is 0 Å². The van der Waals surface area contributed by atoms with E-state index in [1.807, 2.05) is 11.8 Å². The highest BCUT2D eigenvalue weighted by Crippen LogP contribution is 2.34. The quantitative estimate of drug-likeness (QED) is 0.732. The molecule has 1 atom stereocenters. The maximum atomic E-state index is 14.2. The predicted octanol–water partition coefficient (Wildman–Crippen LogP) is 2.07. The van der Waals surface area contributed by atoms with E-state index in [-0.39, 0.29) is 35.8 Å². The van der Waals surface area contributed by atoms with E-state index < -0.39 is 5.82 Å². The van der Waals surface area contributed by atoms with E-state index >= 15 is 0 Å². The SMILES string of the molecule is C=CC(=O)N1CCN(c2nc(OC)nc3c2CN(Cc2c(O)cccc2F)C3)C(C)C1. The number of anilines is 1. The molecule has 0 saturated carbocycles. The number of hydrogen-bond acceptors (Lipinski definition) is 7. The van der Waals surface area contributed by atoms with Gasteiger partial charge in [-0.2, -0.15) is 9.97 Å². The highest BCUT2D eigenvalue weighted by atomic mass is 19.1. The lowest BCUT2D eigenvalue weighted by Gasteiger charge is -2.40. The fourth-order valence-corrected chi connectivity index (χ4v) is 4.25. The Morgan fingerprint density at radius 3 is 2.84 bits per heavy atom. The van der Waals surface area contributed by atoms with Crippen molar-refractivity contribution in [3.8, 4) is 11.8 Å². The number of fused-ring (bicyclic) bond motifs is 1. The zero-order chi connectivity index (χ0) is 22.1. The molecule has 9 heteroatoms. The van der Waals surface area contributed by atoms with Crippen LogP contribution < -0.4 is 9.64 Å². The third-order valence-electron chi connectivity index (χ3n) is 5.85. The van der Waals surface area contributed by atoms with E-state index in [0.29, 0.717) is 32.7 Å². The number of carbonyl (C=O) groups excluding carboxylic acids is 1. The molecular formula is C22H26FN5O3. The third-order valence-corrected chi connectivity index (χ3v) is 5.85. The molecule has 1 saturated heterocycles. The van der Waals surface area contributed by atoms with Gasteiger partial charge < -0.3 is 19.6 Å². The molecule has 1 fully saturated rings. The first-order chi connectivity index (χ1) is 14.9. The number of benzene rings is 1. The van der Waals surface area contributed by atoms with Crippen LogP contribution in [0.4, 0.5) is 10.2 Å². The second kappa shape index (κ2) is 8.50. The van der Waals surface area contributed by atoms with Crippen LogP contribution >= 0.6 is 0 Å². The molecule has 3 heterocycles. The Hall–Kier alpha value is -3.20. The summed E-state index contributed by atoms with van der Waals surface area (Å²) in [7, 11) is 1.53. The van der Waals surface area contributed by atoms with Crippen molar-refractivity contribution < 1.29 is 19.0 Å². The van der Waals surface area contributed by atoms with Gasteiger partial charge in [0.15, 0.2) is 0 Å². The summed E-state index contributed by atoms with van der Waals surface area (Å²) < 4.78 is 19.6. The van der Waals surface area contributed by atoms with Crippen LogP contribution in [0.25, 0.3) is 0 Å². The van der Waals surface area contributed by atoms with Gasteiger partial charge in [0, 0.05) is 56.4 Å². The van der Waals surface area contributed by atoms with Crippen molar-refractivity contribution in [2.75, 3.05) is 31.6 Å². The molecule has 0 spiro atoms. The van der Waals surface area contributed by atoms with Crippen LogP contribution in [0.1, 0.15) is 23.7 Å². The minimum Gasteiger partial charge on any atom is -0.508 e. The zero-order valence-electron chi connectivity index (χ0n) is 17.7. The molecule has 8 nitrogen and oxygen atoms in total. The number of carbonyl (C=O) groups is 1. The maximum absolute atomic E-state index is 14.2. The van der Waals surface area contributed by atoms with Gasteiger partial charge in [0.2, 0.25) is 5.91 Å². The molecule has 2 aliphatic heterocycles. The van der Waals surface area contributed by atoms with Crippen LogP contribution in [0.2, 0.25) is 0 Å². The van der Waals surface area contributed by atoms with Gasteiger partial charge >= 0.3 is 6.01 Å². The van der Waals surface area contributed by atoms with E-state index in [9.17, 15) is 14.3 Å². The highest BCUT2D eigenvalue weighted by Gasteiger charge is 2.33. The van der Waals surface area contributed by atoms with E-state index in [1.165, 1.54) is 31.4 Å². The smallest absolute Gasteiger partial charge is 0.318 e. The second-order valence-corrected chi connectivity index (χ2v) is 7.87. The van der Waals surface area contributed by atoms with Crippen molar-refractivity contribution in [3.05, 3.63) is 53.5 Å². The van der Waals surface area contributed by atoms with Crippen molar-refractivity contribution in [2.45, 2.75) is 32.6 Å². The Morgan fingerprint density at radius 2 is 2.16 bits per heavy atom. The molecule has 0 bridgehead atoms. The van der Waals surface area contributed by atoms with Gasteiger partial charge in [0.1, 0.15) is 17.4 Å². The number of amides is 1. The summed E-state index contributed by atoms with van der Waals surface area (Å²) in [4.78, 5) is 27.1. The number of methoxy groups -OCH3 is 1.